The summed E-state index contributed by atoms with van der Waals surface area (Å²) in [5.41, 5.74) is 0. The predicted molar refractivity (Wildman–Crippen MR) is 89.1 cm³/mol. The summed E-state index contributed by atoms with van der Waals surface area (Å²) in [6.07, 6.45) is -0.00905. The van der Waals surface area contributed by atoms with Crippen LogP contribution in [0, 0.1) is 0 Å². The third kappa shape index (κ3) is 8.91. The van der Waals surface area contributed by atoms with Crippen LogP contribution in [0.4, 0.5) is 0 Å². The molecule has 0 N–H and O–H groups in total. The number of nitrogens with zero attached hydrogens (tertiary/aromatic N) is 2. The first-order valence-electron chi connectivity index (χ1n) is 8.47. The molecule has 0 aliphatic carbocycles. The highest BCUT2D eigenvalue weighted by atomic mass is 16.7. The molecule has 0 aromatic heterocycles. The van der Waals surface area contributed by atoms with Gasteiger partial charge in [-0.3, -0.25) is 14.4 Å². The quantitative estimate of drug-likeness (QED) is 0.264. The Kier molecular flexibility index (Phi) is 11.2. The van der Waals surface area contributed by atoms with Crippen LogP contribution >= 0.6 is 0 Å². The van der Waals surface area contributed by atoms with E-state index in [2.05, 4.69) is 0 Å². The lowest BCUT2D eigenvalue weighted by Crippen LogP contribution is -2.43. The number of amides is 3. The highest BCUT2D eigenvalue weighted by molar-refractivity contribution is 6.01. The van der Waals surface area contributed by atoms with Gasteiger partial charge in [0.1, 0.15) is 13.2 Å². The maximum atomic E-state index is 12.3. The fourth-order valence-electron chi connectivity index (χ4n) is 2.05. The second-order valence-electron chi connectivity index (χ2n) is 5.51. The second kappa shape index (κ2) is 13.1. The number of hydroxylamine groups is 2. The molecule has 1 fully saturated rings. The maximum absolute atomic E-state index is 12.3. The van der Waals surface area contributed by atoms with E-state index in [1.807, 2.05) is 0 Å². The molecule has 0 aromatic rings. The fourth-order valence-corrected chi connectivity index (χ4v) is 2.05. The van der Waals surface area contributed by atoms with Gasteiger partial charge in [0.25, 0.3) is 11.8 Å². The fraction of sp³-hybridized carbons (Fsp3) is 0.750. The standard InChI is InChI=1S/C16H26N2O9/c1-23-7-9-25-6-5-17(15(21)12-26-10-8-24-2)11-16(22)27-18-13(19)3-4-14(18)20/h3-12H2,1-2H3. The Morgan fingerprint density at radius 3 is 2.11 bits per heavy atom. The van der Waals surface area contributed by atoms with E-state index in [1.165, 1.54) is 19.1 Å². The Morgan fingerprint density at radius 1 is 0.926 bits per heavy atom. The monoisotopic (exact) mass is 390 g/mol. The van der Waals surface area contributed by atoms with E-state index in [0.717, 1.165) is 0 Å². The average Bonchev–Trinajstić information content (AvgIpc) is 2.96. The number of methoxy groups -OCH3 is 2. The minimum absolute atomic E-state index is 0.00453. The highest BCUT2D eigenvalue weighted by Gasteiger charge is 2.33. The highest BCUT2D eigenvalue weighted by Crippen LogP contribution is 2.12. The molecular weight excluding hydrogens is 364 g/mol. The topological polar surface area (TPSA) is 121 Å². The normalized spacial score (nSPS) is 13.9. The van der Waals surface area contributed by atoms with Crippen molar-refractivity contribution in [1.29, 1.82) is 0 Å². The summed E-state index contributed by atoms with van der Waals surface area (Å²) in [6.45, 7) is 0.859. The van der Waals surface area contributed by atoms with Crippen molar-refractivity contribution in [3.63, 3.8) is 0 Å². The third-order valence-electron chi connectivity index (χ3n) is 3.47. The SMILES string of the molecule is COCCOCCN(CC(=O)ON1C(=O)CCC1=O)C(=O)COCCOC. The van der Waals surface area contributed by atoms with Gasteiger partial charge in [-0.2, -0.15) is 0 Å². The number of ether oxygens (including phenoxy) is 4. The van der Waals surface area contributed by atoms with E-state index in [-0.39, 0.29) is 39.2 Å². The summed E-state index contributed by atoms with van der Waals surface area (Å²) < 4.78 is 20.1. The minimum atomic E-state index is -0.902. The lowest BCUT2D eigenvalue weighted by molar-refractivity contribution is -0.198. The molecule has 1 rings (SSSR count). The molecule has 1 aliphatic heterocycles. The summed E-state index contributed by atoms with van der Waals surface area (Å²) in [5, 5.41) is 0.440. The van der Waals surface area contributed by atoms with Gasteiger partial charge in [0.15, 0.2) is 0 Å². The van der Waals surface area contributed by atoms with Gasteiger partial charge in [-0.15, -0.1) is 5.06 Å². The van der Waals surface area contributed by atoms with E-state index in [1.54, 1.807) is 0 Å². The molecule has 0 atom stereocenters. The van der Waals surface area contributed by atoms with Gasteiger partial charge in [-0.25, -0.2) is 4.79 Å². The van der Waals surface area contributed by atoms with Crippen molar-refractivity contribution in [3.8, 4) is 0 Å². The van der Waals surface area contributed by atoms with Crippen molar-refractivity contribution in [3.05, 3.63) is 0 Å². The molecular formula is C16H26N2O9. The molecule has 0 radical (unpaired) electrons. The van der Waals surface area contributed by atoms with Gasteiger partial charge in [0.2, 0.25) is 5.91 Å². The van der Waals surface area contributed by atoms with Gasteiger partial charge in [-0.1, -0.05) is 0 Å². The number of imide groups is 1. The molecule has 0 unspecified atom stereocenters. The van der Waals surface area contributed by atoms with Crippen molar-refractivity contribution in [2.24, 2.45) is 0 Å². The summed E-state index contributed by atoms with van der Waals surface area (Å²) in [7, 11) is 3.04. The lowest BCUT2D eigenvalue weighted by Gasteiger charge is -2.22. The molecule has 0 bridgehead atoms. The third-order valence-corrected chi connectivity index (χ3v) is 3.47. The maximum Gasteiger partial charge on any atom is 0.352 e. The Bertz CT molecular complexity index is 496. The van der Waals surface area contributed by atoms with E-state index in [9.17, 15) is 19.2 Å². The van der Waals surface area contributed by atoms with E-state index >= 15 is 0 Å². The van der Waals surface area contributed by atoms with Crippen molar-refractivity contribution >= 4 is 23.7 Å². The molecule has 11 nitrogen and oxygen atoms in total. The van der Waals surface area contributed by atoms with E-state index in [4.69, 9.17) is 23.8 Å². The molecule has 0 saturated carbocycles. The van der Waals surface area contributed by atoms with Crippen LogP contribution < -0.4 is 0 Å². The molecule has 1 saturated heterocycles. The van der Waals surface area contributed by atoms with Crippen LogP contribution in [0.15, 0.2) is 0 Å². The smallest absolute Gasteiger partial charge is 0.352 e. The zero-order chi connectivity index (χ0) is 20.1. The number of hydrogen-bond acceptors (Lipinski definition) is 9. The van der Waals surface area contributed by atoms with Crippen molar-refractivity contribution in [2.45, 2.75) is 12.8 Å². The van der Waals surface area contributed by atoms with Gasteiger partial charge >= 0.3 is 5.97 Å². The minimum Gasteiger partial charge on any atom is -0.382 e. The molecule has 1 aliphatic rings. The number of carbonyl (C=O) groups is 4. The van der Waals surface area contributed by atoms with Crippen LogP contribution in [0.25, 0.3) is 0 Å². The van der Waals surface area contributed by atoms with Crippen molar-refractivity contribution < 1.29 is 43.0 Å². The largest absolute Gasteiger partial charge is 0.382 e. The Balaban J connectivity index is 2.52. The molecule has 3 amide bonds. The first kappa shape index (κ1) is 23.0. The number of rotatable bonds is 14. The van der Waals surface area contributed by atoms with Crippen LogP contribution in [0.1, 0.15) is 12.8 Å². The number of carbonyl (C=O) groups excluding carboxylic acids is 4. The lowest BCUT2D eigenvalue weighted by atomic mass is 10.4. The zero-order valence-electron chi connectivity index (χ0n) is 15.6. The first-order valence-corrected chi connectivity index (χ1v) is 8.47. The van der Waals surface area contributed by atoms with Crippen LogP contribution in [0.2, 0.25) is 0 Å². The van der Waals surface area contributed by atoms with Crippen LogP contribution in [0.5, 0.6) is 0 Å². The summed E-state index contributed by atoms with van der Waals surface area (Å²) in [5.74, 6) is -2.53. The molecule has 27 heavy (non-hydrogen) atoms. The molecule has 154 valence electrons. The van der Waals surface area contributed by atoms with E-state index < -0.39 is 30.2 Å². The molecule has 0 spiro atoms. The van der Waals surface area contributed by atoms with Crippen molar-refractivity contribution in [1.82, 2.24) is 9.96 Å². The first-order chi connectivity index (χ1) is 13.0. The Labute approximate surface area is 157 Å². The molecule has 0 aromatic carbocycles. The van der Waals surface area contributed by atoms with E-state index in [0.29, 0.717) is 24.9 Å². The predicted octanol–water partition coefficient (Wildman–Crippen LogP) is -1.25. The zero-order valence-corrected chi connectivity index (χ0v) is 15.6. The second-order valence-corrected chi connectivity index (χ2v) is 5.51. The van der Waals surface area contributed by atoms with Crippen LogP contribution in [-0.2, 0) is 43.0 Å². The van der Waals surface area contributed by atoms with Gasteiger partial charge in [0.05, 0.1) is 33.0 Å². The Morgan fingerprint density at radius 2 is 1.52 bits per heavy atom. The summed E-state index contributed by atoms with van der Waals surface area (Å²) in [6, 6.07) is 0. The van der Waals surface area contributed by atoms with Gasteiger partial charge in [-0.05, 0) is 0 Å². The average molecular weight is 390 g/mol. The van der Waals surface area contributed by atoms with Crippen molar-refractivity contribution in [2.75, 3.05) is 67.0 Å². The molecule has 1 heterocycles. The number of hydrogen-bond donors (Lipinski definition) is 0. The van der Waals surface area contributed by atoms with Gasteiger partial charge in [0, 0.05) is 33.6 Å². The van der Waals surface area contributed by atoms with Gasteiger partial charge < -0.3 is 28.7 Å². The van der Waals surface area contributed by atoms with Crippen LogP contribution in [-0.4, -0.2) is 101 Å². The summed E-state index contributed by atoms with van der Waals surface area (Å²) in [4.78, 5) is 53.2. The Hall–Kier alpha value is -2.08. The summed E-state index contributed by atoms with van der Waals surface area (Å²) >= 11 is 0. The molecule has 11 heteroatoms. The van der Waals surface area contributed by atoms with Crippen LogP contribution in [0.3, 0.4) is 0 Å².